The minimum absolute atomic E-state index is 0.146. The van der Waals surface area contributed by atoms with Crippen LogP contribution in [-0.2, 0) is 4.79 Å². The Balaban J connectivity index is 2.39. The Bertz CT molecular complexity index is 155. The van der Waals surface area contributed by atoms with E-state index in [1.54, 1.807) is 11.8 Å². The van der Waals surface area contributed by atoms with Crippen LogP contribution in [0.15, 0.2) is 0 Å². The summed E-state index contributed by atoms with van der Waals surface area (Å²) in [7, 11) is 0. The molecule has 1 N–H and O–H groups in total. The summed E-state index contributed by atoms with van der Waals surface area (Å²) in [6.07, 6.45) is -0.324. The van der Waals surface area contributed by atoms with Crippen molar-refractivity contribution in [2.24, 2.45) is 0 Å². The lowest BCUT2D eigenvalue weighted by molar-refractivity contribution is -0.140. The highest BCUT2D eigenvalue weighted by atomic mass is 16.3. The van der Waals surface area contributed by atoms with Crippen LogP contribution < -0.4 is 5.32 Å². The molecule has 1 amide bonds. The maximum Gasteiger partial charge on any atom is 0.251 e. The fourth-order valence-corrected chi connectivity index (χ4v) is 1.21. The Morgan fingerprint density at radius 2 is 2.17 bits per heavy atom. The van der Waals surface area contributed by atoms with Gasteiger partial charge < -0.3 is 10.0 Å². The number of hydrogen-bond acceptors (Lipinski definition) is 2. The van der Waals surface area contributed by atoms with Crippen LogP contribution in [0.25, 0.3) is 0 Å². The molecule has 0 bridgehead atoms. The van der Waals surface area contributed by atoms with Crippen LogP contribution in [0.5, 0.6) is 0 Å². The lowest BCUT2D eigenvalue weighted by Crippen LogP contribution is -2.47. The summed E-state index contributed by atoms with van der Waals surface area (Å²) in [4.78, 5) is 13.0. The van der Waals surface area contributed by atoms with E-state index in [2.05, 4.69) is 5.32 Å². The van der Waals surface area contributed by atoms with Crippen molar-refractivity contribution in [2.75, 3.05) is 26.2 Å². The summed E-state index contributed by atoms with van der Waals surface area (Å²) < 4.78 is 0. The highest BCUT2D eigenvalue weighted by Gasteiger charge is 2.21. The zero-order chi connectivity index (χ0) is 8.97. The zero-order valence-electron chi connectivity index (χ0n) is 7.36. The third-order valence-corrected chi connectivity index (χ3v) is 2.04. The molecule has 0 spiro atoms. The minimum Gasteiger partial charge on any atom is -0.383 e. The molecule has 4 heteroatoms. The van der Waals surface area contributed by atoms with E-state index in [0.29, 0.717) is 32.6 Å². The summed E-state index contributed by atoms with van der Waals surface area (Å²) in [6.45, 7) is 4.55. The quantitative estimate of drug-likeness (QED) is 0.591. The number of aliphatic hydroxyl groups excluding tert-OH is 1. The van der Waals surface area contributed by atoms with Gasteiger partial charge in [-0.2, -0.15) is 0 Å². The fraction of sp³-hybridized carbons (Fsp3) is 0.875. The van der Waals surface area contributed by atoms with E-state index in [0.717, 1.165) is 0 Å². The number of carbonyl (C=O) groups excluding carboxylic acids is 1. The molecule has 1 aliphatic rings. The average Bonchev–Trinajstić information content (AvgIpc) is 2.17. The smallest absolute Gasteiger partial charge is 0.251 e. The zero-order valence-corrected chi connectivity index (χ0v) is 7.36. The van der Waals surface area contributed by atoms with Crippen LogP contribution >= 0.6 is 0 Å². The molecule has 0 aliphatic carbocycles. The third-order valence-electron chi connectivity index (χ3n) is 2.04. The van der Waals surface area contributed by atoms with Crippen molar-refractivity contribution >= 4 is 5.91 Å². The minimum atomic E-state index is -0.817. The van der Waals surface area contributed by atoms with Gasteiger partial charge in [-0.1, -0.05) is 6.92 Å². The second-order valence-electron chi connectivity index (χ2n) is 2.92. The van der Waals surface area contributed by atoms with Gasteiger partial charge in [-0.15, -0.1) is 0 Å². The summed E-state index contributed by atoms with van der Waals surface area (Å²) in [5, 5.41) is 13.4. The molecule has 1 atom stereocenters. The SMILES string of the molecule is CC[C@H](O)C(=O)N1CC[N]CC1. The first kappa shape index (κ1) is 9.48. The number of amides is 1. The molecule has 1 saturated heterocycles. The molecule has 0 saturated carbocycles. The first-order valence-electron chi connectivity index (χ1n) is 4.35. The largest absolute Gasteiger partial charge is 0.383 e. The third kappa shape index (κ3) is 2.19. The van der Waals surface area contributed by atoms with E-state index in [1.807, 2.05) is 0 Å². The summed E-state index contributed by atoms with van der Waals surface area (Å²) in [6, 6.07) is 0. The molecule has 0 unspecified atom stereocenters. The van der Waals surface area contributed by atoms with Crippen LogP contribution in [-0.4, -0.2) is 48.2 Å². The molecule has 4 nitrogen and oxygen atoms in total. The van der Waals surface area contributed by atoms with Crippen molar-refractivity contribution in [3.05, 3.63) is 0 Å². The van der Waals surface area contributed by atoms with Gasteiger partial charge in [0.15, 0.2) is 0 Å². The van der Waals surface area contributed by atoms with Gasteiger partial charge in [0.25, 0.3) is 5.91 Å². The van der Waals surface area contributed by atoms with Crippen molar-refractivity contribution in [1.29, 1.82) is 0 Å². The van der Waals surface area contributed by atoms with Gasteiger partial charge in [-0.05, 0) is 6.42 Å². The van der Waals surface area contributed by atoms with Crippen LogP contribution in [0.1, 0.15) is 13.3 Å². The number of aliphatic hydroxyl groups is 1. The Morgan fingerprint density at radius 1 is 1.58 bits per heavy atom. The fourth-order valence-electron chi connectivity index (χ4n) is 1.21. The molecule has 1 radical (unpaired) electrons. The standard InChI is InChI=1S/C8H15N2O2/c1-2-7(11)8(12)10-5-3-9-4-6-10/h7,11H,2-6H2,1H3/t7-/m0/s1. The van der Waals surface area contributed by atoms with Gasteiger partial charge in [0.1, 0.15) is 6.10 Å². The molecular weight excluding hydrogens is 156 g/mol. The predicted molar refractivity (Wildman–Crippen MR) is 44.7 cm³/mol. The Morgan fingerprint density at radius 3 is 2.67 bits per heavy atom. The molecule has 0 aromatic carbocycles. The summed E-state index contributed by atoms with van der Waals surface area (Å²) >= 11 is 0. The average molecular weight is 171 g/mol. The lowest BCUT2D eigenvalue weighted by atomic mass is 10.2. The normalized spacial score (nSPS) is 20.7. The monoisotopic (exact) mass is 171 g/mol. The molecule has 0 aromatic heterocycles. The van der Waals surface area contributed by atoms with Gasteiger partial charge in [-0.25, -0.2) is 5.32 Å². The van der Waals surface area contributed by atoms with Crippen LogP contribution in [0.3, 0.4) is 0 Å². The second kappa shape index (κ2) is 4.42. The molecule has 0 aromatic rings. The van der Waals surface area contributed by atoms with E-state index in [9.17, 15) is 9.90 Å². The Kier molecular flexibility index (Phi) is 3.49. The number of hydrogen-bond donors (Lipinski definition) is 1. The molecule has 1 rings (SSSR count). The van der Waals surface area contributed by atoms with Gasteiger partial charge in [0.05, 0.1) is 0 Å². The van der Waals surface area contributed by atoms with Crippen molar-refractivity contribution in [3.8, 4) is 0 Å². The number of piperazine rings is 1. The van der Waals surface area contributed by atoms with Gasteiger partial charge in [-0.3, -0.25) is 4.79 Å². The number of rotatable bonds is 2. The van der Waals surface area contributed by atoms with E-state index < -0.39 is 6.10 Å². The lowest BCUT2D eigenvalue weighted by Gasteiger charge is -2.28. The van der Waals surface area contributed by atoms with Gasteiger partial charge in [0, 0.05) is 26.2 Å². The second-order valence-corrected chi connectivity index (χ2v) is 2.92. The summed E-state index contributed by atoms with van der Waals surface area (Å²) in [5.41, 5.74) is 0. The molecule has 69 valence electrons. The maximum absolute atomic E-state index is 11.4. The highest BCUT2D eigenvalue weighted by Crippen LogP contribution is 2.00. The molecule has 1 fully saturated rings. The predicted octanol–water partition coefficient (Wildman–Crippen LogP) is -0.796. The molecular formula is C8H15N2O2. The Hall–Kier alpha value is -0.610. The van der Waals surface area contributed by atoms with E-state index >= 15 is 0 Å². The highest BCUT2D eigenvalue weighted by molar-refractivity contribution is 5.80. The van der Waals surface area contributed by atoms with Crippen molar-refractivity contribution in [1.82, 2.24) is 10.2 Å². The Labute approximate surface area is 72.6 Å². The van der Waals surface area contributed by atoms with E-state index in [-0.39, 0.29) is 5.91 Å². The van der Waals surface area contributed by atoms with E-state index in [4.69, 9.17) is 0 Å². The van der Waals surface area contributed by atoms with Crippen LogP contribution in [0, 0.1) is 0 Å². The number of carbonyl (C=O) groups is 1. The van der Waals surface area contributed by atoms with Crippen molar-refractivity contribution in [3.63, 3.8) is 0 Å². The topological polar surface area (TPSA) is 54.6 Å². The van der Waals surface area contributed by atoms with Crippen molar-refractivity contribution < 1.29 is 9.90 Å². The van der Waals surface area contributed by atoms with Crippen molar-refractivity contribution in [2.45, 2.75) is 19.4 Å². The van der Waals surface area contributed by atoms with Crippen LogP contribution in [0.2, 0.25) is 0 Å². The van der Waals surface area contributed by atoms with Gasteiger partial charge >= 0.3 is 0 Å². The maximum atomic E-state index is 11.4. The molecule has 1 heterocycles. The first-order chi connectivity index (χ1) is 5.75. The van der Waals surface area contributed by atoms with Crippen LogP contribution in [0.4, 0.5) is 0 Å². The number of nitrogens with zero attached hydrogens (tertiary/aromatic N) is 2. The summed E-state index contributed by atoms with van der Waals surface area (Å²) in [5.74, 6) is -0.146. The first-order valence-corrected chi connectivity index (χ1v) is 4.35. The van der Waals surface area contributed by atoms with E-state index in [1.165, 1.54) is 0 Å². The van der Waals surface area contributed by atoms with Gasteiger partial charge in [0.2, 0.25) is 0 Å². The molecule has 1 aliphatic heterocycles. The molecule has 12 heavy (non-hydrogen) atoms.